The van der Waals surface area contributed by atoms with Crippen LogP contribution in [0.2, 0.25) is 0 Å². The van der Waals surface area contributed by atoms with Crippen molar-refractivity contribution in [1.82, 2.24) is 44.9 Å². The summed E-state index contributed by atoms with van der Waals surface area (Å²) in [5, 5.41) is 17.3. The van der Waals surface area contributed by atoms with Crippen molar-refractivity contribution in [2.45, 2.75) is 285 Å². The summed E-state index contributed by atoms with van der Waals surface area (Å²) in [6.45, 7) is 21.2. The molecule has 0 bridgehead atoms. The van der Waals surface area contributed by atoms with Gasteiger partial charge in [-0.2, -0.15) is 0 Å². The van der Waals surface area contributed by atoms with Gasteiger partial charge < -0.3 is 50.0 Å². The molecule has 3 N–H and O–H groups in total. The standard InChI is InChI=1S/C92H137N9O15/c1-17-62(8)85-82(107)57-70(49-59(2)3)90(114)98(15)76(51-61(6)7)91(115)99(16)77(55-68-39-28-22-29-40-68)92(116)97(14)74(50-60(4)5)78(103)44-45-84(109)101-48-34-42-73(101)81(106)58-71(65(11)102)87(111)93-72(53-66-35-24-20-25-36-66)79(104)56-69(41-30-18-19-31-43-83(108)95(12)64(10)86(110)94-85)89(113)96(13)75(54-67-37-26-21-27-38-67)80(105)52-63(9)88(112)100-46-32-23-33-47-100/h20-22,24-29,35-40,59-65,69-77,85,102H,17-19,23,30-34,41-58H2,1-16H3,(H,93,111)(H,94,110)/t62-,63+,64+,65+,69+,70+,71-,72-,73-,74-,75-,76-,77-,85-/m0/s1. The average molecular weight is 1610 g/mol. The molecule has 3 aromatic rings. The van der Waals surface area contributed by atoms with Gasteiger partial charge in [-0.05, 0) is 131 Å². The number of nitrogens with zero attached hydrogens (tertiary/aromatic N) is 7. The van der Waals surface area contributed by atoms with Gasteiger partial charge in [0.25, 0.3) is 0 Å². The Morgan fingerprint density at radius 2 is 1.04 bits per heavy atom. The Kier molecular flexibility index (Phi) is 38.9. The number of nitrogens with one attached hydrogen (secondary N) is 2. The number of likely N-dealkylation sites (N-methyl/N-ethyl adjacent to an activating group) is 5. The Balaban J connectivity index is 1.39. The zero-order valence-electron chi connectivity index (χ0n) is 72.4. The van der Waals surface area contributed by atoms with Crippen molar-refractivity contribution in [3.63, 3.8) is 0 Å². The number of benzene rings is 3. The zero-order valence-corrected chi connectivity index (χ0v) is 72.4. The van der Waals surface area contributed by atoms with Gasteiger partial charge >= 0.3 is 0 Å². The molecule has 0 aromatic heterocycles. The van der Waals surface area contributed by atoms with Gasteiger partial charge in [-0.1, -0.05) is 179 Å². The molecule has 0 spiro atoms. The van der Waals surface area contributed by atoms with Crippen LogP contribution in [0.1, 0.15) is 228 Å². The number of fused-ring (bicyclic) bond motifs is 1. The SMILES string of the molecule is CC[C@H](C)[C@@H]1NC(=O)[C@@H](C)N(C)C(=O)CCCCCC[C@@H](C(=O)N(C)[C@@H](Cc2ccccc2)C(=O)C[C@@H](C)C(=O)N2CCCCC2)CC(=O)[C@H](Cc2ccccc2)NC(=O)[C@H]([C@@H](C)O)CC(=O)[C@@H]2CCCN2C(=O)CCC(=O)[C@H](CC(C)C)N(C)C(=O)[C@H](Cc2ccccc2)N(C)C(=O)[C@H](CC(C)C)N(C)C(=O)[C@H](CC(C)C)CC1=O. The second-order valence-corrected chi connectivity index (χ2v) is 34.8. The van der Waals surface area contributed by atoms with Crippen LogP contribution in [0.4, 0.5) is 0 Å². The van der Waals surface area contributed by atoms with Crippen molar-refractivity contribution < 1.29 is 72.2 Å². The maximum absolute atomic E-state index is 15.5. The van der Waals surface area contributed by atoms with E-state index in [1.807, 2.05) is 116 Å². The number of carbonyl (C=O) groups excluding carboxylic acids is 14. The van der Waals surface area contributed by atoms with Crippen LogP contribution in [0.25, 0.3) is 0 Å². The molecule has 3 heterocycles. The molecule has 640 valence electrons. The molecule has 24 nitrogen and oxygen atoms in total. The second-order valence-electron chi connectivity index (χ2n) is 34.8. The van der Waals surface area contributed by atoms with Crippen LogP contribution in [-0.4, -0.2) is 231 Å². The van der Waals surface area contributed by atoms with Crippen LogP contribution in [0, 0.1) is 47.3 Å². The first-order chi connectivity index (χ1) is 54.9. The number of rotatable bonds is 21. The van der Waals surface area contributed by atoms with Crippen LogP contribution in [0.5, 0.6) is 0 Å². The Morgan fingerprint density at radius 3 is 1.62 bits per heavy atom. The predicted octanol–water partition coefficient (Wildman–Crippen LogP) is 10.4. The Morgan fingerprint density at radius 1 is 0.509 bits per heavy atom. The molecule has 0 unspecified atom stereocenters. The monoisotopic (exact) mass is 1610 g/mol. The topological polar surface area (TPSA) is 306 Å². The van der Waals surface area contributed by atoms with E-state index in [2.05, 4.69) is 10.6 Å². The smallest absolute Gasteiger partial charge is 0.246 e. The number of Topliss-reactive ketones (excluding diaryl/α,β-unsaturated/α-hetero) is 5. The molecule has 3 aliphatic rings. The van der Waals surface area contributed by atoms with Crippen LogP contribution >= 0.6 is 0 Å². The summed E-state index contributed by atoms with van der Waals surface area (Å²) >= 11 is 0. The number of likely N-dealkylation sites (tertiary alicyclic amines) is 1. The highest BCUT2D eigenvalue weighted by Crippen LogP contribution is 2.31. The summed E-state index contributed by atoms with van der Waals surface area (Å²) in [5.74, 6) is -11.6. The molecule has 0 saturated carbocycles. The summed E-state index contributed by atoms with van der Waals surface area (Å²) in [6.07, 6.45) is 3.04. The highest BCUT2D eigenvalue weighted by molar-refractivity contribution is 6.00. The number of aliphatic hydroxyl groups excluding tert-OH is 1. The van der Waals surface area contributed by atoms with E-state index in [-0.39, 0.29) is 125 Å². The highest BCUT2D eigenvalue weighted by atomic mass is 16.3. The van der Waals surface area contributed by atoms with Gasteiger partial charge in [-0.25, -0.2) is 0 Å². The molecule has 3 saturated heterocycles. The molecule has 3 fully saturated rings. The summed E-state index contributed by atoms with van der Waals surface area (Å²) < 4.78 is 0. The van der Waals surface area contributed by atoms with Crippen molar-refractivity contribution in [2.24, 2.45) is 47.3 Å². The summed E-state index contributed by atoms with van der Waals surface area (Å²) in [6, 6.07) is 18.4. The van der Waals surface area contributed by atoms with Crippen molar-refractivity contribution in [3.8, 4) is 0 Å². The Hall–Kier alpha value is -8.80. The minimum atomic E-state index is -1.44. The lowest BCUT2D eigenvalue weighted by Gasteiger charge is -2.39. The summed E-state index contributed by atoms with van der Waals surface area (Å²) in [7, 11) is 7.62. The van der Waals surface area contributed by atoms with Gasteiger partial charge in [0.2, 0.25) is 53.2 Å². The molecule has 9 amide bonds. The van der Waals surface area contributed by atoms with Crippen LogP contribution in [-0.2, 0) is 86.4 Å². The van der Waals surface area contributed by atoms with Gasteiger partial charge in [0, 0.05) is 124 Å². The number of aliphatic hydroxyl groups is 1. The van der Waals surface area contributed by atoms with E-state index in [9.17, 15) is 48.3 Å². The van der Waals surface area contributed by atoms with E-state index < -0.39 is 161 Å². The first-order valence-electron chi connectivity index (χ1n) is 42.9. The molecule has 3 aliphatic heterocycles. The van der Waals surface area contributed by atoms with Gasteiger partial charge in [0.1, 0.15) is 18.1 Å². The largest absolute Gasteiger partial charge is 0.393 e. The zero-order chi connectivity index (χ0) is 85.8. The number of piperidine rings is 1. The Labute approximate surface area is 690 Å². The predicted molar refractivity (Wildman–Crippen MR) is 448 cm³/mol. The number of amides is 9. The summed E-state index contributed by atoms with van der Waals surface area (Å²) in [4.78, 5) is 218. The van der Waals surface area contributed by atoms with Crippen LogP contribution in [0.3, 0.4) is 0 Å². The molecule has 6 rings (SSSR count). The molecule has 0 aliphatic carbocycles. The van der Waals surface area contributed by atoms with Crippen molar-refractivity contribution in [2.75, 3.05) is 54.9 Å². The molecule has 24 heteroatoms. The van der Waals surface area contributed by atoms with Crippen molar-refractivity contribution >= 4 is 82.1 Å². The minimum Gasteiger partial charge on any atom is -0.393 e. The van der Waals surface area contributed by atoms with Gasteiger partial charge in [-0.15, -0.1) is 0 Å². The highest BCUT2D eigenvalue weighted by Gasteiger charge is 2.44. The lowest BCUT2D eigenvalue weighted by atomic mass is 9.85. The van der Waals surface area contributed by atoms with Gasteiger partial charge in [0.15, 0.2) is 28.9 Å². The third kappa shape index (κ3) is 28.2. The van der Waals surface area contributed by atoms with Crippen molar-refractivity contribution in [1.29, 1.82) is 0 Å². The second kappa shape index (κ2) is 47.0. The first-order valence-corrected chi connectivity index (χ1v) is 42.9. The lowest BCUT2D eigenvalue weighted by Crippen LogP contribution is -2.58. The van der Waals surface area contributed by atoms with E-state index in [4.69, 9.17) is 0 Å². The van der Waals surface area contributed by atoms with E-state index in [1.165, 1.54) is 71.6 Å². The first kappa shape index (κ1) is 96.0. The molecule has 14 atom stereocenters. The van der Waals surface area contributed by atoms with E-state index in [0.29, 0.717) is 62.7 Å². The van der Waals surface area contributed by atoms with E-state index >= 15 is 24.0 Å². The number of hydrogen-bond donors (Lipinski definition) is 3. The fourth-order valence-corrected chi connectivity index (χ4v) is 16.7. The summed E-state index contributed by atoms with van der Waals surface area (Å²) in [5.41, 5.74) is 2.13. The van der Waals surface area contributed by atoms with Gasteiger partial charge in [-0.3, -0.25) is 67.1 Å². The average Bonchev–Trinajstić information content (AvgIpc) is 0.852. The quantitative estimate of drug-likeness (QED) is 0.0893. The molecule has 116 heavy (non-hydrogen) atoms. The maximum atomic E-state index is 15.5. The van der Waals surface area contributed by atoms with Gasteiger partial charge in [0.05, 0.1) is 42.2 Å². The van der Waals surface area contributed by atoms with Crippen LogP contribution < -0.4 is 10.6 Å². The fourth-order valence-electron chi connectivity index (χ4n) is 16.7. The molecular formula is C92H137N9O15. The third-order valence-corrected chi connectivity index (χ3v) is 24.2. The number of hydrogen-bond acceptors (Lipinski definition) is 15. The van der Waals surface area contributed by atoms with E-state index in [0.717, 1.165) is 24.8 Å². The molecule has 3 aromatic carbocycles. The fraction of sp³-hybridized carbons (Fsp3) is 0.652. The lowest BCUT2D eigenvalue weighted by molar-refractivity contribution is -0.153. The Bertz CT molecular complexity index is 3770. The molecule has 0 radical (unpaired) electrons. The number of ketones is 5. The minimum absolute atomic E-state index is 0.0249. The molecular weight excluding hydrogens is 1470 g/mol. The van der Waals surface area contributed by atoms with Crippen molar-refractivity contribution in [3.05, 3.63) is 108 Å². The maximum Gasteiger partial charge on any atom is 0.246 e. The number of carbonyl (C=O) groups is 14. The third-order valence-electron chi connectivity index (χ3n) is 24.2. The normalized spacial score (nSPS) is 25.0. The van der Waals surface area contributed by atoms with E-state index in [1.54, 1.807) is 49.1 Å². The van der Waals surface area contributed by atoms with Crippen LogP contribution in [0.15, 0.2) is 91.0 Å².